The van der Waals surface area contributed by atoms with Crippen LogP contribution in [0.15, 0.2) is 0 Å². The molecule has 2 aliphatic rings. The van der Waals surface area contributed by atoms with E-state index in [1.807, 2.05) is 0 Å². The predicted octanol–water partition coefficient (Wildman–Crippen LogP) is 0.361. The largest absolute Gasteiger partial charge is 0.330 e. The van der Waals surface area contributed by atoms with E-state index >= 15 is 0 Å². The number of likely N-dealkylation sites (N-methyl/N-ethyl adjacent to an activating group) is 1. The highest BCUT2D eigenvalue weighted by atomic mass is 15.3. The summed E-state index contributed by atoms with van der Waals surface area (Å²) in [6, 6.07) is 0.819. The molecule has 0 aromatic heterocycles. The first-order valence-corrected chi connectivity index (χ1v) is 6.01. The first kappa shape index (κ1) is 10.4. The lowest BCUT2D eigenvalue weighted by molar-refractivity contribution is 0.0255. The van der Waals surface area contributed by atoms with Gasteiger partial charge in [-0.1, -0.05) is 6.92 Å². The van der Waals surface area contributed by atoms with Gasteiger partial charge in [0.2, 0.25) is 0 Å². The molecule has 1 saturated heterocycles. The topological polar surface area (TPSA) is 32.5 Å². The van der Waals surface area contributed by atoms with Crippen molar-refractivity contribution in [3.05, 3.63) is 0 Å². The summed E-state index contributed by atoms with van der Waals surface area (Å²) in [4.78, 5) is 5.19. The van der Waals surface area contributed by atoms with Crippen molar-refractivity contribution in [3.63, 3.8) is 0 Å². The maximum atomic E-state index is 5.75. The molecular weight excluding hydrogens is 174 g/mol. The predicted molar refractivity (Wildman–Crippen MR) is 59.3 cm³/mol. The molecule has 82 valence electrons. The van der Waals surface area contributed by atoms with Crippen LogP contribution in [0.4, 0.5) is 0 Å². The summed E-state index contributed by atoms with van der Waals surface area (Å²) in [5.41, 5.74) is 5.75. The summed E-state index contributed by atoms with van der Waals surface area (Å²) in [5, 5.41) is 0. The van der Waals surface area contributed by atoms with Crippen LogP contribution < -0.4 is 5.73 Å². The lowest BCUT2D eigenvalue weighted by Gasteiger charge is -2.47. The molecule has 1 aliphatic heterocycles. The van der Waals surface area contributed by atoms with Gasteiger partial charge in [-0.2, -0.15) is 0 Å². The third kappa shape index (κ3) is 1.95. The molecule has 0 bridgehead atoms. The van der Waals surface area contributed by atoms with Gasteiger partial charge in [0, 0.05) is 32.2 Å². The van der Waals surface area contributed by atoms with E-state index in [4.69, 9.17) is 5.73 Å². The number of rotatable bonds is 3. The van der Waals surface area contributed by atoms with Gasteiger partial charge in [0.05, 0.1) is 0 Å². The van der Waals surface area contributed by atoms with Crippen molar-refractivity contribution in [1.82, 2.24) is 9.80 Å². The molecule has 0 aromatic carbocycles. The zero-order chi connectivity index (χ0) is 9.97. The Bertz CT molecular complexity index is 173. The molecule has 0 aromatic rings. The molecule has 0 radical (unpaired) electrons. The van der Waals surface area contributed by atoms with Crippen LogP contribution in [0, 0.1) is 5.92 Å². The summed E-state index contributed by atoms with van der Waals surface area (Å²) in [6.45, 7) is 9.37. The van der Waals surface area contributed by atoms with E-state index < -0.39 is 0 Å². The number of nitrogens with zero attached hydrogens (tertiary/aromatic N) is 2. The normalized spacial score (nSPS) is 35.6. The first-order valence-electron chi connectivity index (χ1n) is 6.01. The number of piperazine rings is 1. The van der Waals surface area contributed by atoms with Crippen LogP contribution in [0.2, 0.25) is 0 Å². The molecule has 0 amide bonds. The van der Waals surface area contributed by atoms with Crippen molar-refractivity contribution in [2.45, 2.75) is 25.8 Å². The first-order chi connectivity index (χ1) is 6.85. The Hall–Kier alpha value is -0.120. The lowest BCUT2D eigenvalue weighted by Crippen LogP contribution is -2.56. The lowest BCUT2D eigenvalue weighted by atomic mass is 9.78. The van der Waals surface area contributed by atoms with E-state index in [2.05, 4.69) is 16.7 Å². The van der Waals surface area contributed by atoms with Gasteiger partial charge >= 0.3 is 0 Å². The Morgan fingerprint density at radius 2 is 1.86 bits per heavy atom. The third-order valence-corrected chi connectivity index (χ3v) is 4.00. The van der Waals surface area contributed by atoms with Crippen LogP contribution >= 0.6 is 0 Å². The summed E-state index contributed by atoms with van der Waals surface area (Å²) in [5.74, 6) is 0.795. The van der Waals surface area contributed by atoms with Crippen molar-refractivity contribution in [1.29, 1.82) is 0 Å². The number of hydrogen-bond donors (Lipinski definition) is 1. The molecule has 2 fully saturated rings. The molecule has 3 heteroatoms. The molecule has 14 heavy (non-hydrogen) atoms. The van der Waals surface area contributed by atoms with Gasteiger partial charge < -0.3 is 10.6 Å². The van der Waals surface area contributed by atoms with Gasteiger partial charge in [-0.25, -0.2) is 0 Å². The van der Waals surface area contributed by atoms with Gasteiger partial charge in [-0.05, 0) is 31.8 Å². The second-order valence-electron chi connectivity index (χ2n) is 4.61. The third-order valence-electron chi connectivity index (χ3n) is 4.00. The molecule has 2 atom stereocenters. The summed E-state index contributed by atoms with van der Waals surface area (Å²) in [6.07, 6.45) is 2.74. The Morgan fingerprint density at radius 1 is 1.14 bits per heavy atom. The van der Waals surface area contributed by atoms with Gasteiger partial charge in [0.25, 0.3) is 0 Å². The van der Waals surface area contributed by atoms with Crippen LogP contribution in [-0.4, -0.2) is 55.1 Å². The van der Waals surface area contributed by atoms with Crippen LogP contribution in [0.5, 0.6) is 0 Å². The van der Waals surface area contributed by atoms with Crippen LogP contribution in [-0.2, 0) is 0 Å². The Kier molecular flexibility index (Phi) is 3.42. The molecule has 2 N–H and O–H groups in total. The molecule has 3 nitrogen and oxygen atoms in total. The SMILES string of the molecule is CCN1CCN(C2CCC2CN)CC1. The molecule has 2 unspecified atom stereocenters. The van der Waals surface area contributed by atoms with Crippen molar-refractivity contribution in [3.8, 4) is 0 Å². The highest BCUT2D eigenvalue weighted by Crippen LogP contribution is 2.31. The molecule has 2 rings (SSSR count). The maximum Gasteiger partial charge on any atom is 0.0137 e. The van der Waals surface area contributed by atoms with Gasteiger partial charge in [-0.3, -0.25) is 4.90 Å². The van der Waals surface area contributed by atoms with E-state index in [-0.39, 0.29) is 0 Å². The zero-order valence-corrected chi connectivity index (χ0v) is 9.28. The number of hydrogen-bond acceptors (Lipinski definition) is 3. The molecule has 1 heterocycles. The number of nitrogens with two attached hydrogens (primary N) is 1. The van der Waals surface area contributed by atoms with Gasteiger partial charge in [0.1, 0.15) is 0 Å². The molecule has 1 saturated carbocycles. The fraction of sp³-hybridized carbons (Fsp3) is 1.00. The molecule has 0 spiro atoms. The van der Waals surface area contributed by atoms with Crippen molar-refractivity contribution >= 4 is 0 Å². The zero-order valence-electron chi connectivity index (χ0n) is 9.28. The summed E-state index contributed by atoms with van der Waals surface area (Å²) < 4.78 is 0. The fourth-order valence-electron chi connectivity index (χ4n) is 2.72. The van der Waals surface area contributed by atoms with E-state index in [9.17, 15) is 0 Å². The quantitative estimate of drug-likeness (QED) is 0.709. The van der Waals surface area contributed by atoms with Crippen molar-refractivity contribution in [2.75, 3.05) is 39.3 Å². The highest BCUT2D eigenvalue weighted by Gasteiger charge is 2.35. The van der Waals surface area contributed by atoms with Crippen molar-refractivity contribution < 1.29 is 0 Å². The van der Waals surface area contributed by atoms with E-state index in [0.717, 1.165) is 18.5 Å². The minimum Gasteiger partial charge on any atom is -0.330 e. The fourth-order valence-corrected chi connectivity index (χ4v) is 2.72. The summed E-state index contributed by atoms with van der Waals surface area (Å²) in [7, 11) is 0. The van der Waals surface area contributed by atoms with Crippen LogP contribution in [0.3, 0.4) is 0 Å². The average molecular weight is 197 g/mol. The Balaban J connectivity index is 1.77. The minimum absolute atomic E-state index is 0.795. The van der Waals surface area contributed by atoms with E-state index in [0.29, 0.717) is 0 Å². The smallest absolute Gasteiger partial charge is 0.0137 e. The van der Waals surface area contributed by atoms with Gasteiger partial charge in [0.15, 0.2) is 0 Å². The van der Waals surface area contributed by atoms with E-state index in [1.165, 1.54) is 45.6 Å². The Labute approximate surface area is 87.2 Å². The second-order valence-corrected chi connectivity index (χ2v) is 4.61. The Morgan fingerprint density at radius 3 is 2.29 bits per heavy atom. The van der Waals surface area contributed by atoms with Gasteiger partial charge in [-0.15, -0.1) is 0 Å². The molecule has 1 aliphatic carbocycles. The van der Waals surface area contributed by atoms with Crippen LogP contribution in [0.1, 0.15) is 19.8 Å². The highest BCUT2D eigenvalue weighted by molar-refractivity contribution is 4.91. The van der Waals surface area contributed by atoms with E-state index in [1.54, 1.807) is 0 Å². The monoisotopic (exact) mass is 197 g/mol. The summed E-state index contributed by atoms with van der Waals surface area (Å²) >= 11 is 0. The van der Waals surface area contributed by atoms with Crippen LogP contribution in [0.25, 0.3) is 0 Å². The maximum absolute atomic E-state index is 5.75. The second kappa shape index (κ2) is 4.60. The molecular formula is C11H23N3. The standard InChI is InChI=1S/C11H23N3/c1-2-13-5-7-14(8-6-13)11-4-3-10(11)9-12/h10-11H,2-9,12H2,1H3. The minimum atomic E-state index is 0.795. The average Bonchev–Trinajstić information content (AvgIpc) is 2.18. The van der Waals surface area contributed by atoms with Crippen molar-refractivity contribution in [2.24, 2.45) is 11.7 Å².